The van der Waals surface area contributed by atoms with Crippen LogP contribution in [0, 0.1) is 6.92 Å². The summed E-state index contributed by atoms with van der Waals surface area (Å²) in [5.74, 6) is 0. The van der Waals surface area contributed by atoms with Gasteiger partial charge in [-0.25, -0.2) is 0 Å². The Morgan fingerprint density at radius 1 is 1.38 bits per heavy atom. The van der Waals surface area contributed by atoms with Gasteiger partial charge in [0.25, 0.3) is 0 Å². The fraction of sp³-hybridized carbons (Fsp3) is 0.556. The zero-order valence-corrected chi connectivity index (χ0v) is 7.28. The summed E-state index contributed by atoms with van der Waals surface area (Å²) in [6.07, 6.45) is 0.702. The first-order valence-corrected chi connectivity index (χ1v) is 3.83. The van der Waals surface area contributed by atoms with Gasteiger partial charge in [0.1, 0.15) is 0 Å². The van der Waals surface area contributed by atoms with E-state index in [0.29, 0.717) is 11.4 Å². The Labute approximate surface area is 82.9 Å². The molecule has 2 N–H and O–H groups in total. The van der Waals surface area contributed by atoms with Crippen LogP contribution in [-0.4, -0.2) is 33.3 Å². The Balaban J connectivity index is 2.87. The molecule has 0 fully saturated rings. The molecule has 0 amide bonds. The summed E-state index contributed by atoms with van der Waals surface area (Å²) >= 11 is 0. The molecule has 4 nitrogen and oxygen atoms in total. The summed E-state index contributed by atoms with van der Waals surface area (Å²) in [5, 5.41) is 18.0. The van der Waals surface area contributed by atoms with Gasteiger partial charge in [-0.2, -0.15) is 0 Å². The topological polar surface area (TPSA) is 66.2 Å². The van der Waals surface area contributed by atoms with Crippen LogP contribution in [0.4, 0.5) is 0 Å². The van der Waals surface area contributed by atoms with Crippen LogP contribution in [0.1, 0.15) is 22.6 Å². The lowest BCUT2D eigenvalue weighted by Gasteiger charge is -2.04. The molecule has 0 saturated carbocycles. The molecule has 13 heavy (non-hydrogen) atoms. The summed E-state index contributed by atoms with van der Waals surface area (Å²) in [6.45, 7) is -3.12. The Kier molecular flexibility index (Phi) is 2.13. The fourth-order valence-electron chi connectivity index (χ4n) is 0.969. The molecule has 0 unspecified atom stereocenters. The van der Waals surface area contributed by atoms with Gasteiger partial charge in [-0.1, -0.05) is 0 Å². The van der Waals surface area contributed by atoms with Crippen molar-refractivity contribution in [3.8, 4) is 0 Å². The highest BCUT2D eigenvalue weighted by Gasteiger charge is 2.02. The van der Waals surface area contributed by atoms with Crippen molar-refractivity contribution in [2.24, 2.45) is 0 Å². The van der Waals surface area contributed by atoms with Gasteiger partial charge in [0, 0.05) is 32.2 Å². The van der Waals surface area contributed by atoms with Crippen LogP contribution in [0.25, 0.3) is 0 Å². The lowest BCUT2D eigenvalue weighted by molar-refractivity contribution is 0.295. The smallest absolute Gasteiger partial charge is 0.0638 e. The minimum atomic E-state index is -2.35. The normalized spacial score (nSPS) is 17.2. The van der Waals surface area contributed by atoms with E-state index >= 15 is 0 Å². The Hall–Kier alpha value is -1.00. The van der Waals surface area contributed by atoms with Crippen LogP contribution in [0.3, 0.4) is 0 Å². The summed E-state index contributed by atoms with van der Waals surface area (Å²) in [4.78, 5) is 7.91. The number of aliphatic hydroxyl groups is 2. The second-order valence-corrected chi connectivity index (χ2v) is 2.56. The van der Waals surface area contributed by atoms with Gasteiger partial charge >= 0.3 is 0 Å². The number of aromatic nitrogens is 2. The lowest BCUT2D eigenvalue weighted by Crippen LogP contribution is -2.04. The molecule has 1 aromatic rings. The van der Waals surface area contributed by atoms with Crippen LogP contribution < -0.4 is 0 Å². The van der Waals surface area contributed by atoms with Crippen LogP contribution in [-0.2, 0) is 12.8 Å². The van der Waals surface area contributed by atoms with E-state index in [0.717, 1.165) is 0 Å². The molecular weight excluding hydrogens is 168 g/mol. The molecule has 0 radical (unpaired) electrons. The highest BCUT2D eigenvalue weighted by atomic mass is 16.3. The molecule has 1 rings (SSSR count). The molecule has 0 saturated heterocycles. The summed E-state index contributed by atoms with van der Waals surface area (Å²) < 4.78 is 28.0. The molecule has 1 aromatic heterocycles. The Bertz CT molecular complexity index is 401. The van der Waals surface area contributed by atoms with E-state index in [1.807, 2.05) is 0 Å². The van der Waals surface area contributed by atoms with Crippen molar-refractivity contribution < 1.29 is 15.7 Å². The maximum Gasteiger partial charge on any atom is 0.0638 e. The van der Waals surface area contributed by atoms with Crippen molar-refractivity contribution in [3.63, 3.8) is 0 Å². The molecule has 0 aliphatic heterocycles. The predicted molar refractivity (Wildman–Crippen MR) is 48.3 cm³/mol. The molecular formula is C9H14N2O2. The SMILES string of the molecule is [2H]C([2H])(O)Cc1cnc(CC([2H])([2H])O)c(C)n1. The third-order valence-electron chi connectivity index (χ3n) is 1.61. The minimum absolute atomic E-state index is 0.275. The van der Waals surface area contributed by atoms with Crippen LogP contribution >= 0.6 is 0 Å². The lowest BCUT2D eigenvalue weighted by atomic mass is 10.2. The summed E-state index contributed by atoms with van der Waals surface area (Å²) in [7, 11) is 0. The molecule has 0 aromatic carbocycles. The Morgan fingerprint density at radius 2 is 2.08 bits per heavy atom. The van der Waals surface area contributed by atoms with Crippen molar-refractivity contribution in [3.05, 3.63) is 23.3 Å². The maximum absolute atomic E-state index is 9.02. The van der Waals surface area contributed by atoms with E-state index in [9.17, 15) is 0 Å². The number of aryl methyl sites for hydroxylation is 3. The van der Waals surface area contributed by atoms with Gasteiger partial charge in [0.05, 0.1) is 22.6 Å². The standard InChI is InChI=1S/C9H14N2O2/c1-7-9(3-5-13)10-6-8(11-7)2-4-12/h6,12-13H,2-5H2,1H3/i4D2,5D2. The van der Waals surface area contributed by atoms with Crippen molar-refractivity contribution in [2.45, 2.75) is 19.8 Å². The first-order chi connectivity index (χ1) is 7.57. The average molecular weight is 186 g/mol. The third kappa shape index (κ3) is 2.75. The maximum atomic E-state index is 9.02. The molecule has 0 atom stereocenters. The first kappa shape index (κ1) is 5.67. The molecule has 4 heteroatoms. The molecule has 0 aliphatic carbocycles. The minimum Gasteiger partial charge on any atom is -0.396 e. The van der Waals surface area contributed by atoms with Gasteiger partial charge in [-0.15, -0.1) is 0 Å². The van der Waals surface area contributed by atoms with Crippen molar-refractivity contribution in [1.29, 1.82) is 0 Å². The highest BCUT2D eigenvalue weighted by molar-refractivity contribution is 5.12. The largest absolute Gasteiger partial charge is 0.396 e. The van der Waals surface area contributed by atoms with Gasteiger partial charge < -0.3 is 10.2 Å². The van der Waals surface area contributed by atoms with E-state index in [-0.39, 0.29) is 18.5 Å². The number of rotatable bonds is 4. The second-order valence-electron chi connectivity index (χ2n) is 2.56. The van der Waals surface area contributed by atoms with E-state index < -0.39 is 13.1 Å². The summed E-state index contributed by atoms with van der Waals surface area (Å²) in [6, 6.07) is 0. The van der Waals surface area contributed by atoms with Crippen LogP contribution in [0.5, 0.6) is 0 Å². The fourth-order valence-corrected chi connectivity index (χ4v) is 0.969. The van der Waals surface area contributed by atoms with Crippen molar-refractivity contribution in [1.82, 2.24) is 9.97 Å². The zero-order chi connectivity index (χ0) is 13.3. The van der Waals surface area contributed by atoms with E-state index in [4.69, 9.17) is 15.7 Å². The van der Waals surface area contributed by atoms with Gasteiger partial charge in [0.2, 0.25) is 0 Å². The second kappa shape index (κ2) is 4.89. The van der Waals surface area contributed by atoms with Gasteiger partial charge in [-0.3, -0.25) is 9.97 Å². The zero-order valence-electron chi connectivity index (χ0n) is 11.3. The number of nitrogens with zero attached hydrogens (tertiary/aromatic N) is 2. The molecule has 0 spiro atoms. The van der Waals surface area contributed by atoms with E-state index in [2.05, 4.69) is 9.97 Å². The van der Waals surface area contributed by atoms with E-state index in [1.54, 1.807) is 6.92 Å². The van der Waals surface area contributed by atoms with Crippen molar-refractivity contribution in [2.75, 3.05) is 13.1 Å². The first-order valence-electron chi connectivity index (χ1n) is 5.83. The molecule has 1 heterocycles. The number of hydrogen-bond acceptors (Lipinski definition) is 4. The molecule has 72 valence electrons. The third-order valence-corrected chi connectivity index (χ3v) is 1.61. The quantitative estimate of drug-likeness (QED) is 0.686. The molecule has 0 bridgehead atoms. The van der Waals surface area contributed by atoms with Crippen LogP contribution in [0.2, 0.25) is 0 Å². The predicted octanol–water partition coefficient (Wildman–Crippen LogP) is -0.145. The van der Waals surface area contributed by atoms with Gasteiger partial charge in [-0.05, 0) is 6.92 Å². The monoisotopic (exact) mass is 186 g/mol. The van der Waals surface area contributed by atoms with Crippen LogP contribution in [0.15, 0.2) is 6.20 Å². The number of hydrogen-bond donors (Lipinski definition) is 2. The molecule has 0 aliphatic rings. The Morgan fingerprint density at radius 3 is 2.62 bits per heavy atom. The van der Waals surface area contributed by atoms with E-state index in [1.165, 1.54) is 6.20 Å². The van der Waals surface area contributed by atoms with Gasteiger partial charge in [0.15, 0.2) is 0 Å². The average Bonchev–Trinajstić information content (AvgIpc) is 2.05. The van der Waals surface area contributed by atoms with Crippen molar-refractivity contribution >= 4 is 0 Å². The highest BCUT2D eigenvalue weighted by Crippen LogP contribution is 2.03. The summed E-state index contributed by atoms with van der Waals surface area (Å²) in [5.41, 5.74) is 0.988.